The van der Waals surface area contributed by atoms with Crippen LogP contribution in [-0.4, -0.2) is 23.7 Å². The summed E-state index contributed by atoms with van der Waals surface area (Å²) in [6, 6.07) is 14.0. The molecule has 0 aliphatic carbocycles. The number of hydrogen-bond acceptors (Lipinski definition) is 4. The molecule has 0 aliphatic heterocycles. The Morgan fingerprint density at radius 3 is 2.72 bits per heavy atom. The fourth-order valence-electron chi connectivity index (χ4n) is 2.37. The molecule has 0 saturated carbocycles. The number of nitrogens with one attached hydrogen (secondary N) is 1. The van der Waals surface area contributed by atoms with Crippen LogP contribution in [0, 0.1) is 11.3 Å². The summed E-state index contributed by atoms with van der Waals surface area (Å²) in [7, 11) is 1.36. The lowest BCUT2D eigenvalue weighted by Gasteiger charge is -2.10. The predicted octanol–water partition coefficient (Wildman–Crippen LogP) is 4.24. The van der Waals surface area contributed by atoms with Crippen molar-refractivity contribution in [3.8, 4) is 17.6 Å². The number of alkyl halides is 2. The number of nitrogens with zero attached hydrogens (tertiary/aromatic N) is 2. The van der Waals surface area contributed by atoms with E-state index in [2.05, 4.69) is 20.8 Å². The third-order valence-electron chi connectivity index (χ3n) is 3.48. The van der Waals surface area contributed by atoms with Crippen LogP contribution in [0.25, 0.3) is 22.7 Å². The maximum Gasteiger partial charge on any atom is 0.387 e. The van der Waals surface area contributed by atoms with Crippen molar-refractivity contribution in [2.24, 2.45) is 0 Å². The van der Waals surface area contributed by atoms with Crippen LogP contribution in [0.4, 0.5) is 8.78 Å². The van der Waals surface area contributed by atoms with Gasteiger partial charge in [0.1, 0.15) is 11.9 Å². The lowest BCUT2D eigenvalue weighted by Crippen LogP contribution is -2.03. The van der Waals surface area contributed by atoms with Crippen molar-refractivity contribution < 1.29 is 18.3 Å². The van der Waals surface area contributed by atoms with Gasteiger partial charge >= 0.3 is 6.61 Å². The van der Waals surface area contributed by atoms with Crippen molar-refractivity contribution in [1.82, 2.24) is 9.97 Å². The standard InChI is InChI=1S/C18H13F2N3O2/c1-24-15-7-6-11(9-16(15)25-18(19)20)8-12(10-21)17-22-13-4-2-3-5-14(13)23-17/h2-9,18H,1H3,(H,22,23)/b12-8-. The van der Waals surface area contributed by atoms with Crippen LogP contribution in [0.1, 0.15) is 11.4 Å². The number of rotatable bonds is 5. The van der Waals surface area contributed by atoms with Gasteiger partial charge in [0, 0.05) is 0 Å². The molecule has 1 N–H and O–H groups in total. The number of methoxy groups -OCH3 is 1. The smallest absolute Gasteiger partial charge is 0.387 e. The van der Waals surface area contributed by atoms with E-state index in [-0.39, 0.29) is 17.1 Å². The summed E-state index contributed by atoms with van der Waals surface area (Å²) in [5.41, 5.74) is 2.31. The van der Waals surface area contributed by atoms with Gasteiger partial charge in [0.15, 0.2) is 11.5 Å². The molecule has 3 rings (SSSR count). The average molecular weight is 341 g/mol. The van der Waals surface area contributed by atoms with Gasteiger partial charge in [0.25, 0.3) is 0 Å². The van der Waals surface area contributed by atoms with E-state index in [4.69, 9.17) is 4.74 Å². The number of imidazole rings is 1. The van der Waals surface area contributed by atoms with Gasteiger partial charge in [0.05, 0.1) is 23.7 Å². The van der Waals surface area contributed by atoms with Gasteiger partial charge in [-0.1, -0.05) is 18.2 Å². The second-order valence-electron chi connectivity index (χ2n) is 5.06. The van der Waals surface area contributed by atoms with E-state index in [1.54, 1.807) is 6.07 Å². The van der Waals surface area contributed by atoms with Crippen molar-refractivity contribution in [2.75, 3.05) is 7.11 Å². The Labute approximate surface area is 142 Å². The molecule has 7 heteroatoms. The van der Waals surface area contributed by atoms with Gasteiger partial charge in [-0.3, -0.25) is 0 Å². The highest BCUT2D eigenvalue weighted by atomic mass is 19.3. The zero-order chi connectivity index (χ0) is 17.8. The number of benzene rings is 2. The number of hydrogen-bond donors (Lipinski definition) is 1. The van der Waals surface area contributed by atoms with Crippen molar-refractivity contribution in [3.63, 3.8) is 0 Å². The van der Waals surface area contributed by atoms with E-state index in [0.717, 1.165) is 11.0 Å². The van der Waals surface area contributed by atoms with Gasteiger partial charge in [-0.15, -0.1) is 0 Å². The number of allylic oxidation sites excluding steroid dienone is 1. The van der Waals surface area contributed by atoms with Crippen LogP contribution in [-0.2, 0) is 0 Å². The summed E-state index contributed by atoms with van der Waals surface area (Å²) < 4.78 is 34.5. The molecule has 25 heavy (non-hydrogen) atoms. The van der Waals surface area contributed by atoms with Gasteiger partial charge in [-0.05, 0) is 35.9 Å². The SMILES string of the molecule is COc1ccc(/C=C(/C#N)c2nc3ccccc3[nH]2)cc1OC(F)F. The zero-order valence-corrected chi connectivity index (χ0v) is 13.2. The van der Waals surface area contributed by atoms with Gasteiger partial charge in [-0.2, -0.15) is 14.0 Å². The Morgan fingerprint density at radius 1 is 1.24 bits per heavy atom. The molecule has 0 fully saturated rings. The van der Waals surface area contributed by atoms with Gasteiger partial charge < -0.3 is 14.5 Å². The molecule has 0 saturated heterocycles. The maximum absolute atomic E-state index is 12.5. The number of halogens is 2. The monoisotopic (exact) mass is 341 g/mol. The normalized spacial score (nSPS) is 11.6. The second-order valence-corrected chi connectivity index (χ2v) is 5.06. The topological polar surface area (TPSA) is 70.9 Å². The number of aromatic amines is 1. The van der Waals surface area contributed by atoms with Gasteiger partial charge in [-0.25, -0.2) is 4.98 Å². The number of para-hydroxylation sites is 2. The molecule has 126 valence electrons. The van der Waals surface area contributed by atoms with E-state index in [1.165, 1.54) is 25.3 Å². The minimum atomic E-state index is -2.97. The van der Waals surface area contributed by atoms with Crippen molar-refractivity contribution in [2.45, 2.75) is 6.61 Å². The highest BCUT2D eigenvalue weighted by molar-refractivity contribution is 5.90. The van der Waals surface area contributed by atoms with E-state index >= 15 is 0 Å². The Morgan fingerprint density at radius 2 is 2.04 bits per heavy atom. The first kappa shape index (κ1) is 16.5. The van der Waals surface area contributed by atoms with Crippen molar-refractivity contribution in [3.05, 3.63) is 53.9 Å². The summed E-state index contributed by atoms with van der Waals surface area (Å²) in [6.07, 6.45) is 1.54. The Hall–Kier alpha value is -3.40. The Kier molecular flexibility index (Phi) is 4.61. The average Bonchev–Trinajstić information content (AvgIpc) is 3.03. The van der Waals surface area contributed by atoms with Crippen LogP contribution in [0.5, 0.6) is 11.5 Å². The van der Waals surface area contributed by atoms with Crippen LogP contribution >= 0.6 is 0 Å². The molecule has 0 atom stereocenters. The first-order chi connectivity index (χ1) is 12.1. The molecule has 0 radical (unpaired) electrons. The summed E-state index contributed by atoms with van der Waals surface area (Å²) >= 11 is 0. The molecule has 0 amide bonds. The van der Waals surface area contributed by atoms with Gasteiger partial charge in [0.2, 0.25) is 0 Å². The molecule has 1 heterocycles. The molecule has 0 bridgehead atoms. The molecule has 0 aliphatic rings. The van der Waals surface area contributed by atoms with E-state index in [9.17, 15) is 14.0 Å². The molecule has 0 unspecified atom stereocenters. The zero-order valence-electron chi connectivity index (χ0n) is 13.2. The van der Waals surface area contributed by atoms with Crippen molar-refractivity contribution in [1.29, 1.82) is 5.26 Å². The molecular formula is C18H13F2N3O2. The van der Waals surface area contributed by atoms with Crippen LogP contribution in [0.2, 0.25) is 0 Å². The maximum atomic E-state index is 12.5. The third-order valence-corrected chi connectivity index (χ3v) is 3.48. The first-order valence-corrected chi connectivity index (χ1v) is 7.30. The number of nitriles is 1. The lowest BCUT2D eigenvalue weighted by molar-refractivity contribution is -0.0512. The van der Waals surface area contributed by atoms with Crippen molar-refractivity contribution >= 4 is 22.7 Å². The third kappa shape index (κ3) is 3.58. The van der Waals surface area contributed by atoms with E-state index < -0.39 is 6.61 Å². The minimum absolute atomic E-state index is 0.104. The molecule has 5 nitrogen and oxygen atoms in total. The second kappa shape index (κ2) is 7.01. The quantitative estimate of drug-likeness (QED) is 0.705. The number of aromatic nitrogens is 2. The van der Waals surface area contributed by atoms with E-state index in [1.807, 2.05) is 24.3 Å². The Balaban J connectivity index is 2.00. The minimum Gasteiger partial charge on any atom is -0.493 e. The fourth-order valence-corrected chi connectivity index (χ4v) is 2.37. The molecule has 2 aromatic carbocycles. The largest absolute Gasteiger partial charge is 0.493 e. The summed E-state index contributed by atoms with van der Waals surface area (Å²) in [5, 5.41) is 9.43. The fraction of sp³-hybridized carbons (Fsp3) is 0.111. The highest BCUT2D eigenvalue weighted by Gasteiger charge is 2.12. The molecule has 0 spiro atoms. The van der Waals surface area contributed by atoms with Crippen LogP contribution in [0.3, 0.4) is 0 Å². The van der Waals surface area contributed by atoms with Crippen LogP contribution in [0.15, 0.2) is 42.5 Å². The summed E-state index contributed by atoms with van der Waals surface area (Å²) in [4.78, 5) is 7.42. The molecule has 3 aromatic rings. The van der Waals surface area contributed by atoms with E-state index in [0.29, 0.717) is 11.4 Å². The Bertz CT molecular complexity index is 941. The van der Waals surface area contributed by atoms with Crippen LogP contribution < -0.4 is 9.47 Å². The predicted molar refractivity (Wildman–Crippen MR) is 89.2 cm³/mol. The lowest BCUT2D eigenvalue weighted by atomic mass is 10.1. The number of H-pyrrole nitrogens is 1. The molecular weight excluding hydrogens is 328 g/mol. The highest BCUT2D eigenvalue weighted by Crippen LogP contribution is 2.31. The summed E-state index contributed by atoms with van der Waals surface area (Å²) in [5.74, 6) is 0.476. The summed E-state index contributed by atoms with van der Waals surface area (Å²) in [6.45, 7) is -2.97. The first-order valence-electron chi connectivity index (χ1n) is 7.30. The number of ether oxygens (including phenoxy) is 2. The number of fused-ring (bicyclic) bond motifs is 1. The molecule has 1 aromatic heterocycles.